The lowest BCUT2D eigenvalue weighted by atomic mass is 10.1. The van der Waals surface area contributed by atoms with E-state index in [0.717, 1.165) is 36.3 Å². The first-order valence-corrected chi connectivity index (χ1v) is 8.42. The first-order valence-electron chi connectivity index (χ1n) is 8.42. The van der Waals surface area contributed by atoms with E-state index in [-0.39, 0.29) is 11.9 Å². The molecule has 1 aliphatic heterocycles. The molecule has 7 nitrogen and oxygen atoms in total. The highest BCUT2D eigenvalue weighted by molar-refractivity contribution is 5.93. The van der Waals surface area contributed by atoms with Gasteiger partial charge in [0.25, 0.3) is 5.91 Å². The summed E-state index contributed by atoms with van der Waals surface area (Å²) in [4.78, 5) is 15.0. The monoisotopic (exact) mass is 336 g/mol. The van der Waals surface area contributed by atoms with E-state index in [4.69, 9.17) is 0 Å². The molecule has 0 N–H and O–H groups in total. The maximum absolute atomic E-state index is 13.1. The molecule has 1 amide bonds. The number of para-hydroxylation sites is 1. The number of likely N-dealkylation sites (tertiary alicyclic amines) is 1. The molecule has 1 saturated heterocycles. The van der Waals surface area contributed by atoms with Gasteiger partial charge in [-0.15, -0.1) is 5.10 Å². The summed E-state index contributed by atoms with van der Waals surface area (Å²) in [5.74, 6) is -0.0639. The Bertz CT molecular complexity index is 897. The number of nitrogens with zero attached hydrogens (tertiary/aromatic N) is 6. The minimum absolute atomic E-state index is 0.0578. The lowest BCUT2D eigenvalue weighted by Gasteiger charge is -2.23. The molecule has 4 rings (SSSR count). The third-order valence-electron chi connectivity index (χ3n) is 4.72. The quantitative estimate of drug-likeness (QED) is 0.736. The number of benzene rings is 1. The van der Waals surface area contributed by atoms with Crippen LogP contribution in [0.1, 0.15) is 40.6 Å². The summed E-state index contributed by atoms with van der Waals surface area (Å²) in [6, 6.07) is 9.79. The normalized spacial score (nSPS) is 17.2. The zero-order valence-corrected chi connectivity index (χ0v) is 14.3. The minimum Gasteiger partial charge on any atom is -0.330 e. The van der Waals surface area contributed by atoms with Gasteiger partial charge in [0, 0.05) is 25.4 Å². The van der Waals surface area contributed by atoms with Crippen LogP contribution in [0.15, 0.2) is 42.7 Å². The highest BCUT2D eigenvalue weighted by Crippen LogP contribution is 2.33. The van der Waals surface area contributed by atoms with Crippen molar-refractivity contribution in [2.45, 2.75) is 25.8 Å². The Balaban J connectivity index is 1.64. The van der Waals surface area contributed by atoms with Crippen LogP contribution < -0.4 is 0 Å². The smallest absolute Gasteiger partial charge is 0.276 e. The van der Waals surface area contributed by atoms with E-state index in [2.05, 4.69) is 15.4 Å². The molecule has 0 aliphatic carbocycles. The molecular weight excluding hydrogens is 316 g/mol. The number of aromatic nitrogens is 5. The molecule has 0 bridgehead atoms. The molecule has 3 heterocycles. The Labute approximate surface area is 145 Å². The molecule has 3 aromatic rings. The van der Waals surface area contributed by atoms with Gasteiger partial charge in [-0.1, -0.05) is 23.4 Å². The van der Waals surface area contributed by atoms with Crippen molar-refractivity contribution in [1.29, 1.82) is 0 Å². The molecule has 1 aliphatic rings. The predicted molar refractivity (Wildman–Crippen MR) is 92.3 cm³/mol. The fourth-order valence-electron chi connectivity index (χ4n) is 3.45. The average molecular weight is 336 g/mol. The summed E-state index contributed by atoms with van der Waals surface area (Å²) in [6.45, 7) is 2.62. The van der Waals surface area contributed by atoms with Crippen LogP contribution in [0.25, 0.3) is 5.69 Å². The third-order valence-corrected chi connectivity index (χ3v) is 4.72. The average Bonchev–Trinajstić information content (AvgIpc) is 3.34. The first kappa shape index (κ1) is 15.6. The fraction of sp³-hybridized carbons (Fsp3) is 0.333. The maximum atomic E-state index is 13.1. The van der Waals surface area contributed by atoms with Crippen molar-refractivity contribution < 1.29 is 4.79 Å². The van der Waals surface area contributed by atoms with E-state index >= 15 is 0 Å². The Morgan fingerprint density at radius 3 is 2.76 bits per heavy atom. The second-order valence-electron chi connectivity index (χ2n) is 6.37. The maximum Gasteiger partial charge on any atom is 0.276 e. The molecule has 128 valence electrons. The summed E-state index contributed by atoms with van der Waals surface area (Å²) >= 11 is 0. The first-order chi connectivity index (χ1) is 12.1. The molecule has 0 radical (unpaired) electrons. The number of carbonyl (C=O) groups excluding carboxylic acids is 1. The van der Waals surface area contributed by atoms with Crippen molar-refractivity contribution in [1.82, 2.24) is 29.7 Å². The summed E-state index contributed by atoms with van der Waals surface area (Å²) in [7, 11) is 1.89. The van der Waals surface area contributed by atoms with E-state index in [1.54, 1.807) is 9.36 Å². The largest absolute Gasteiger partial charge is 0.330 e. The molecule has 1 atom stereocenters. The van der Waals surface area contributed by atoms with Crippen molar-refractivity contribution in [2.75, 3.05) is 6.54 Å². The summed E-state index contributed by atoms with van der Waals surface area (Å²) in [5, 5.41) is 12.6. The Kier molecular flexibility index (Phi) is 3.83. The second kappa shape index (κ2) is 6.16. The molecular formula is C18H20N6O. The fourth-order valence-corrected chi connectivity index (χ4v) is 3.45. The van der Waals surface area contributed by atoms with Crippen LogP contribution in [-0.2, 0) is 7.05 Å². The molecule has 0 spiro atoms. The van der Waals surface area contributed by atoms with Gasteiger partial charge >= 0.3 is 0 Å². The van der Waals surface area contributed by atoms with Crippen molar-refractivity contribution in [3.05, 3.63) is 59.7 Å². The topological polar surface area (TPSA) is 68.8 Å². The molecule has 2 aromatic heterocycles. The number of hydrogen-bond acceptors (Lipinski definition) is 4. The number of aryl methyl sites for hydroxylation is 1. The standard InChI is InChI=1S/C18H20N6O/c1-13-17(20-21-24(13)15-7-4-3-5-8-15)18(25)23-10-6-9-16(23)14-11-19-22(2)12-14/h3-5,7-8,11-12,16H,6,9-10H2,1-2H3. The van der Waals surface area contributed by atoms with Crippen LogP contribution in [-0.4, -0.2) is 42.1 Å². The molecule has 7 heteroatoms. The zero-order valence-electron chi connectivity index (χ0n) is 14.3. The lowest BCUT2D eigenvalue weighted by Crippen LogP contribution is -2.31. The van der Waals surface area contributed by atoms with Gasteiger partial charge in [-0.3, -0.25) is 9.48 Å². The minimum atomic E-state index is -0.0639. The van der Waals surface area contributed by atoms with Crippen LogP contribution in [0.4, 0.5) is 0 Å². The second-order valence-corrected chi connectivity index (χ2v) is 6.37. The zero-order chi connectivity index (χ0) is 17.4. The summed E-state index contributed by atoms with van der Waals surface area (Å²) in [5.41, 5.74) is 3.14. The molecule has 0 saturated carbocycles. The van der Waals surface area contributed by atoms with Crippen LogP contribution in [0.2, 0.25) is 0 Å². The molecule has 1 unspecified atom stereocenters. The van der Waals surface area contributed by atoms with Gasteiger partial charge in [-0.05, 0) is 31.9 Å². The van der Waals surface area contributed by atoms with Crippen LogP contribution >= 0.6 is 0 Å². The Hall–Kier alpha value is -2.96. The number of rotatable bonds is 3. The molecule has 1 fully saturated rings. The van der Waals surface area contributed by atoms with E-state index in [1.807, 2.05) is 61.6 Å². The van der Waals surface area contributed by atoms with Gasteiger partial charge in [0.2, 0.25) is 0 Å². The van der Waals surface area contributed by atoms with Gasteiger partial charge < -0.3 is 4.90 Å². The van der Waals surface area contributed by atoms with Crippen LogP contribution in [0.5, 0.6) is 0 Å². The highest BCUT2D eigenvalue weighted by atomic mass is 16.2. The van der Waals surface area contributed by atoms with E-state index in [0.29, 0.717) is 5.69 Å². The highest BCUT2D eigenvalue weighted by Gasteiger charge is 2.33. The van der Waals surface area contributed by atoms with Gasteiger partial charge in [0.1, 0.15) is 0 Å². The van der Waals surface area contributed by atoms with Gasteiger partial charge in [-0.2, -0.15) is 5.10 Å². The van der Waals surface area contributed by atoms with Crippen molar-refractivity contribution in [2.24, 2.45) is 7.05 Å². The molecule has 1 aromatic carbocycles. The van der Waals surface area contributed by atoms with Crippen molar-refractivity contribution in [3.63, 3.8) is 0 Å². The Morgan fingerprint density at radius 2 is 2.04 bits per heavy atom. The van der Waals surface area contributed by atoms with Gasteiger partial charge in [0.15, 0.2) is 5.69 Å². The molecule has 25 heavy (non-hydrogen) atoms. The van der Waals surface area contributed by atoms with Crippen LogP contribution in [0.3, 0.4) is 0 Å². The Morgan fingerprint density at radius 1 is 1.24 bits per heavy atom. The van der Waals surface area contributed by atoms with Gasteiger partial charge in [-0.25, -0.2) is 4.68 Å². The SMILES string of the molecule is Cc1c(C(=O)N2CCCC2c2cnn(C)c2)nnn1-c1ccccc1. The third kappa shape index (κ3) is 2.71. The van der Waals surface area contributed by atoms with E-state index < -0.39 is 0 Å². The van der Waals surface area contributed by atoms with Crippen LogP contribution in [0, 0.1) is 6.92 Å². The number of carbonyl (C=O) groups is 1. The van der Waals surface area contributed by atoms with E-state index in [1.165, 1.54) is 0 Å². The number of hydrogen-bond donors (Lipinski definition) is 0. The van der Waals surface area contributed by atoms with Crippen molar-refractivity contribution >= 4 is 5.91 Å². The summed E-state index contributed by atoms with van der Waals surface area (Å²) < 4.78 is 3.48. The lowest BCUT2D eigenvalue weighted by molar-refractivity contribution is 0.0728. The van der Waals surface area contributed by atoms with E-state index in [9.17, 15) is 4.79 Å². The predicted octanol–water partition coefficient (Wildman–Crippen LogP) is 2.29. The van der Waals surface area contributed by atoms with Crippen molar-refractivity contribution in [3.8, 4) is 5.69 Å². The summed E-state index contributed by atoms with van der Waals surface area (Å²) in [6.07, 6.45) is 5.74. The van der Waals surface area contributed by atoms with Gasteiger partial charge in [0.05, 0.1) is 23.6 Å². The number of amides is 1.